The van der Waals surface area contributed by atoms with Crippen LogP contribution in [0.1, 0.15) is 0 Å². The van der Waals surface area contributed by atoms with Crippen molar-refractivity contribution < 1.29 is 24.7 Å². The van der Waals surface area contributed by atoms with Gasteiger partial charge in [-0.1, -0.05) is 24.3 Å². The highest BCUT2D eigenvalue weighted by molar-refractivity contribution is 6.90. The molecule has 0 N–H and O–H groups in total. The van der Waals surface area contributed by atoms with E-state index in [0.29, 0.717) is 0 Å². The second-order valence-corrected chi connectivity index (χ2v) is 37.4. The Kier molecular flexibility index (Phi) is 14.7. The summed E-state index contributed by atoms with van der Waals surface area (Å²) in [6.07, 6.45) is 7.70. The topological polar surface area (TPSA) is 55.4 Å². The first-order chi connectivity index (χ1) is 16.2. The molecule has 0 bridgehead atoms. The molecule has 0 aliphatic carbocycles. The van der Waals surface area contributed by atoms with Gasteiger partial charge in [-0.25, -0.2) is 0 Å². The van der Waals surface area contributed by atoms with Crippen molar-refractivity contribution in [3.05, 3.63) is 50.6 Å². The molecule has 210 valence electrons. The number of allylic oxidation sites excluding steroid dienone is 4. The molecule has 0 aromatic heterocycles. The lowest BCUT2D eigenvalue weighted by atomic mass is 10.8. The quantitative estimate of drug-likeness (QED) is 0.103. The van der Waals surface area contributed by atoms with Gasteiger partial charge in [0.2, 0.25) is 0 Å². The average Bonchev–Trinajstić information content (AvgIpc) is 2.57. The van der Waals surface area contributed by atoms with E-state index in [0.717, 1.165) is 24.2 Å². The van der Waals surface area contributed by atoms with Crippen LogP contribution in [0.4, 0.5) is 0 Å². The van der Waals surface area contributed by atoms with Crippen LogP contribution in [0, 0.1) is 0 Å². The lowest BCUT2D eigenvalue weighted by Crippen LogP contribution is -2.61. The zero-order valence-corrected chi connectivity index (χ0v) is 32.1. The fourth-order valence-corrected chi connectivity index (χ4v) is 33.5. The van der Waals surface area contributed by atoms with Gasteiger partial charge < -0.3 is 24.7 Å². The van der Waals surface area contributed by atoms with Crippen molar-refractivity contribution in [1.29, 1.82) is 0 Å². The zero-order chi connectivity index (χ0) is 28.5. The fourth-order valence-electron chi connectivity index (χ4n) is 4.33. The number of hydrogen-bond donors (Lipinski definition) is 0. The Balaban J connectivity index is 6.09. The molecule has 0 aliphatic heterocycles. The molecule has 0 rings (SSSR count). The van der Waals surface area contributed by atoms with E-state index in [1.165, 1.54) is 0 Å². The monoisotopic (exact) mass is 622 g/mol. The minimum Gasteiger partial charge on any atom is -0.416 e. The van der Waals surface area contributed by atoms with E-state index in [1.807, 2.05) is 43.9 Å². The summed E-state index contributed by atoms with van der Waals surface area (Å²) in [4.78, 5) is 0. The summed E-state index contributed by atoms with van der Waals surface area (Å²) in [5.41, 5.74) is 0. The van der Waals surface area contributed by atoms with Gasteiger partial charge in [0.25, 0.3) is 0 Å². The Morgan fingerprint density at radius 2 is 0.667 bits per heavy atom. The van der Waals surface area contributed by atoms with E-state index in [9.17, 15) is 0 Å². The predicted octanol–water partition coefficient (Wildman–Crippen LogP) is 7.64. The van der Waals surface area contributed by atoms with Crippen LogP contribution >= 0.6 is 0 Å². The molecule has 6 nitrogen and oxygen atoms in total. The minimum atomic E-state index is -3.04. The molecule has 0 saturated heterocycles. The second-order valence-electron chi connectivity index (χ2n) is 11.9. The summed E-state index contributed by atoms with van der Waals surface area (Å²) in [6.45, 7) is 39.2. The van der Waals surface area contributed by atoms with Gasteiger partial charge >= 0.3 is 26.9 Å². The Morgan fingerprint density at radius 1 is 0.472 bits per heavy atom. The predicted molar refractivity (Wildman–Crippen MR) is 173 cm³/mol. The van der Waals surface area contributed by atoms with Crippen molar-refractivity contribution in [3.63, 3.8) is 0 Å². The molecular weight excluding hydrogens is 569 g/mol. The maximum atomic E-state index is 6.75. The molecule has 0 aromatic rings. The lowest BCUT2D eigenvalue weighted by molar-refractivity contribution is 0.211. The standard InChI is InChI=1S/C23H54O6Si7/c1-16-20-31(6,7)26-35(14,27-32(8,9)21-17-2)24-30(5)25-36(15,28-33(10,11)22-18-3)29-34(12,13)23-19-4/h16-19,30H,1-4,20-23H2,5-15H3. The van der Waals surface area contributed by atoms with E-state index in [4.69, 9.17) is 24.7 Å². The maximum Gasteiger partial charge on any atom is 0.467 e. The maximum absolute atomic E-state index is 6.75. The van der Waals surface area contributed by atoms with Crippen LogP contribution in [0.3, 0.4) is 0 Å². The third kappa shape index (κ3) is 15.0. The number of rotatable bonds is 20. The van der Waals surface area contributed by atoms with Crippen molar-refractivity contribution >= 4 is 60.2 Å². The smallest absolute Gasteiger partial charge is 0.416 e. The van der Waals surface area contributed by atoms with E-state index in [-0.39, 0.29) is 0 Å². The molecule has 0 saturated carbocycles. The number of hydrogen-bond acceptors (Lipinski definition) is 6. The van der Waals surface area contributed by atoms with Crippen molar-refractivity contribution in [2.75, 3.05) is 0 Å². The Hall–Kier alpha value is 0.238. The van der Waals surface area contributed by atoms with Gasteiger partial charge in [-0.15, -0.1) is 26.3 Å². The van der Waals surface area contributed by atoms with E-state index in [1.54, 1.807) is 0 Å². The van der Waals surface area contributed by atoms with Crippen LogP contribution in [0.15, 0.2) is 50.6 Å². The summed E-state index contributed by atoms with van der Waals surface area (Å²) in [5, 5.41) is 0. The summed E-state index contributed by atoms with van der Waals surface area (Å²) < 4.78 is 40.5. The normalized spacial score (nSPS) is 14.1. The molecule has 13 heteroatoms. The molecule has 0 radical (unpaired) electrons. The van der Waals surface area contributed by atoms with Crippen molar-refractivity contribution in [3.8, 4) is 0 Å². The minimum absolute atomic E-state index is 0.823. The SMILES string of the molecule is C=CC[Si](C)(C)O[Si](C)(O[SiH](C)O[Si](C)(O[Si](C)(C)CC=C)O[Si](C)(C)CC=C)O[Si](C)(C)CC=C. The van der Waals surface area contributed by atoms with Crippen molar-refractivity contribution in [2.24, 2.45) is 0 Å². The summed E-state index contributed by atoms with van der Waals surface area (Å²) in [6, 6.07) is 3.29. The van der Waals surface area contributed by atoms with Gasteiger partial charge in [-0.3, -0.25) is 0 Å². The molecule has 0 heterocycles. The van der Waals surface area contributed by atoms with Gasteiger partial charge in [-0.2, -0.15) is 0 Å². The van der Waals surface area contributed by atoms with E-state index >= 15 is 0 Å². The molecule has 36 heavy (non-hydrogen) atoms. The van der Waals surface area contributed by atoms with Crippen LogP contribution < -0.4 is 0 Å². The molecule has 0 unspecified atom stereocenters. The van der Waals surface area contributed by atoms with Gasteiger partial charge in [0.15, 0.2) is 33.3 Å². The first kappa shape index (κ1) is 36.2. The van der Waals surface area contributed by atoms with Crippen LogP contribution in [0.2, 0.25) is 96.2 Å². The highest BCUT2D eigenvalue weighted by atomic mass is 28.5. The molecular formula is C23H54O6Si7. The Bertz CT molecular complexity index is 634. The molecule has 0 aromatic carbocycles. The lowest BCUT2D eigenvalue weighted by Gasteiger charge is -2.43. The van der Waals surface area contributed by atoms with Crippen LogP contribution in [0.25, 0.3) is 0 Å². The van der Waals surface area contributed by atoms with Crippen molar-refractivity contribution in [1.82, 2.24) is 0 Å². The van der Waals surface area contributed by atoms with E-state index in [2.05, 4.69) is 78.7 Å². The van der Waals surface area contributed by atoms with Crippen LogP contribution in [-0.4, -0.2) is 60.2 Å². The zero-order valence-electron chi connectivity index (χ0n) is 25.0. The van der Waals surface area contributed by atoms with Crippen LogP contribution in [0.5, 0.6) is 0 Å². The second kappa shape index (κ2) is 14.6. The fraction of sp³-hybridized carbons (Fsp3) is 0.652. The van der Waals surface area contributed by atoms with Gasteiger partial charge in [-0.05, 0) is 83.1 Å². The molecule has 0 spiro atoms. The van der Waals surface area contributed by atoms with Crippen molar-refractivity contribution in [2.45, 2.75) is 96.2 Å². The summed E-state index contributed by atoms with van der Waals surface area (Å²) in [7, 11) is -16.7. The highest BCUT2D eigenvalue weighted by Crippen LogP contribution is 2.30. The average molecular weight is 623 g/mol. The molecule has 0 fully saturated rings. The first-order valence-electron chi connectivity index (χ1n) is 12.8. The molecule has 0 atom stereocenters. The van der Waals surface area contributed by atoms with Crippen LogP contribution in [-0.2, 0) is 24.7 Å². The molecule has 0 aliphatic rings. The summed E-state index contributed by atoms with van der Waals surface area (Å²) in [5.74, 6) is 0. The largest absolute Gasteiger partial charge is 0.467 e. The molecule has 0 amide bonds. The van der Waals surface area contributed by atoms with E-state index < -0.39 is 60.2 Å². The van der Waals surface area contributed by atoms with Gasteiger partial charge in [0.1, 0.15) is 0 Å². The van der Waals surface area contributed by atoms with Gasteiger partial charge in [0.05, 0.1) is 0 Å². The summed E-state index contributed by atoms with van der Waals surface area (Å²) >= 11 is 0. The highest BCUT2D eigenvalue weighted by Gasteiger charge is 2.50. The third-order valence-corrected chi connectivity index (χ3v) is 31.1. The Morgan fingerprint density at radius 3 is 0.833 bits per heavy atom. The Labute approximate surface area is 230 Å². The van der Waals surface area contributed by atoms with Gasteiger partial charge in [0, 0.05) is 13.1 Å². The first-order valence-corrected chi connectivity index (χ1v) is 31.8. The third-order valence-electron chi connectivity index (χ3n) is 5.15.